The third-order valence-electron chi connectivity index (χ3n) is 3.90. The van der Waals surface area contributed by atoms with Gasteiger partial charge in [0.1, 0.15) is 19.0 Å². The smallest absolute Gasteiger partial charge is 0.242 e. The number of hydrogen-bond acceptors (Lipinski definition) is 5. The van der Waals surface area contributed by atoms with Crippen molar-refractivity contribution in [1.82, 2.24) is 4.98 Å². The van der Waals surface area contributed by atoms with Gasteiger partial charge in [-0.05, 0) is 42.7 Å². The summed E-state index contributed by atoms with van der Waals surface area (Å²) >= 11 is 0. The Morgan fingerprint density at radius 2 is 1.96 bits per heavy atom. The Labute approximate surface area is 147 Å². The molecule has 0 unspecified atom stereocenters. The molecular weight excluding hydrogens is 318 g/mol. The number of amides is 1. The van der Waals surface area contributed by atoms with Gasteiger partial charge in [-0.25, -0.2) is 4.98 Å². The van der Waals surface area contributed by atoms with Crippen LogP contribution in [-0.2, 0) is 4.79 Å². The van der Waals surface area contributed by atoms with Gasteiger partial charge in [-0.2, -0.15) is 0 Å². The summed E-state index contributed by atoms with van der Waals surface area (Å²) in [7, 11) is 0. The number of carbonyl (C=O) groups is 1. The first-order chi connectivity index (χ1) is 12.0. The predicted molar refractivity (Wildman–Crippen MR) is 96.7 cm³/mol. The fraction of sp³-hybridized carbons (Fsp3) is 0.368. The number of rotatable bonds is 5. The summed E-state index contributed by atoms with van der Waals surface area (Å²) < 4.78 is 11.1. The second-order valence-electron chi connectivity index (χ2n) is 6.49. The van der Waals surface area contributed by atoms with Gasteiger partial charge in [0.05, 0.1) is 11.7 Å². The lowest BCUT2D eigenvalue weighted by molar-refractivity contribution is -0.117. The van der Waals surface area contributed by atoms with Crippen LogP contribution < -0.4 is 20.5 Å². The van der Waals surface area contributed by atoms with E-state index in [0.717, 1.165) is 17.0 Å². The molecule has 3 N–H and O–H groups in total. The molecule has 132 valence electrons. The van der Waals surface area contributed by atoms with Crippen LogP contribution in [-0.4, -0.2) is 30.1 Å². The molecule has 0 spiro atoms. The Bertz CT molecular complexity index is 761. The number of fused-ring (bicyclic) bond motifs is 1. The topological polar surface area (TPSA) is 86.5 Å². The van der Waals surface area contributed by atoms with Crippen molar-refractivity contribution < 1.29 is 14.3 Å². The maximum absolute atomic E-state index is 12.2. The van der Waals surface area contributed by atoms with Crippen LogP contribution in [0.3, 0.4) is 0 Å². The number of carbonyl (C=O) groups excluding carboxylic acids is 1. The SMILES string of the molecule is CC(C)C[C@H](N)C(=O)Nc1cccc(-c2ccc3c(c2)OCCO3)n1. The number of nitrogens with one attached hydrogen (secondary N) is 1. The van der Waals surface area contributed by atoms with Crippen molar-refractivity contribution in [2.45, 2.75) is 26.3 Å². The van der Waals surface area contributed by atoms with Gasteiger partial charge in [0.25, 0.3) is 0 Å². The number of benzene rings is 1. The minimum Gasteiger partial charge on any atom is -0.486 e. The van der Waals surface area contributed by atoms with Gasteiger partial charge in [-0.1, -0.05) is 19.9 Å². The van der Waals surface area contributed by atoms with E-state index in [-0.39, 0.29) is 5.91 Å². The zero-order chi connectivity index (χ0) is 17.8. The Morgan fingerprint density at radius 1 is 1.20 bits per heavy atom. The second kappa shape index (κ2) is 7.53. The molecule has 1 amide bonds. The van der Waals surface area contributed by atoms with Crippen LogP contribution in [0.4, 0.5) is 5.82 Å². The molecule has 2 aromatic rings. The Hall–Kier alpha value is -2.60. The maximum Gasteiger partial charge on any atom is 0.242 e. The Morgan fingerprint density at radius 3 is 2.72 bits per heavy atom. The van der Waals surface area contributed by atoms with Crippen LogP contribution in [0.15, 0.2) is 36.4 Å². The number of pyridine rings is 1. The molecule has 0 radical (unpaired) electrons. The van der Waals surface area contributed by atoms with E-state index in [2.05, 4.69) is 10.3 Å². The molecule has 25 heavy (non-hydrogen) atoms. The molecule has 2 heterocycles. The third-order valence-corrected chi connectivity index (χ3v) is 3.90. The summed E-state index contributed by atoms with van der Waals surface area (Å²) in [5.41, 5.74) is 7.56. The standard InChI is InChI=1S/C19H23N3O3/c1-12(2)10-14(20)19(23)22-18-5-3-4-15(21-18)13-6-7-16-17(11-13)25-9-8-24-16/h3-7,11-12,14H,8-10,20H2,1-2H3,(H,21,22,23)/t14-/m0/s1. The van der Waals surface area contributed by atoms with E-state index in [9.17, 15) is 4.79 Å². The normalized spacial score (nSPS) is 14.2. The van der Waals surface area contributed by atoms with Crippen LogP contribution in [0.1, 0.15) is 20.3 Å². The quantitative estimate of drug-likeness (QED) is 0.873. The number of nitrogens with two attached hydrogens (primary N) is 1. The van der Waals surface area contributed by atoms with E-state index in [1.54, 1.807) is 6.07 Å². The highest BCUT2D eigenvalue weighted by Gasteiger charge is 2.16. The number of ether oxygens (including phenoxy) is 2. The molecule has 0 aliphatic carbocycles. The zero-order valence-electron chi connectivity index (χ0n) is 14.5. The van der Waals surface area contributed by atoms with E-state index >= 15 is 0 Å². The first-order valence-corrected chi connectivity index (χ1v) is 8.46. The van der Waals surface area contributed by atoms with E-state index < -0.39 is 6.04 Å². The van der Waals surface area contributed by atoms with Crippen molar-refractivity contribution in [1.29, 1.82) is 0 Å². The summed E-state index contributed by atoms with van der Waals surface area (Å²) in [5.74, 6) is 2.06. The largest absolute Gasteiger partial charge is 0.486 e. The lowest BCUT2D eigenvalue weighted by Crippen LogP contribution is -2.36. The van der Waals surface area contributed by atoms with E-state index in [0.29, 0.717) is 37.1 Å². The van der Waals surface area contributed by atoms with Crippen LogP contribution >= 0.6 is 0 Å². The molecule has 3 rings (SSSR count). The van der Waals surface area contributed by atoms with Crippen molar-refractivity contribution in [2.24, 2.45) is 11.7 Å². The first kappa shape index (κ1) is 17.2. The van der Waals surface area contributed by atoms with Crippen molar-refractivity contribution >= 4 is 11.7 Å². The molecule has 1 atom stereocenters. The van der Waals surface area contributed by atoms with Gasteiger partial charge in [0.2, 0.25) is 5.91 Å². The van der Waals surface area contributed by atoms with Crippen LogP contribution in [0.2, 0.25) is 0 Å². The highest BCUT2D eigenvalue weighted by molar-refractivity contribution is 5.94. The van der Waals surface area contributed by atoms with Crippen LogP contribution in [0, 0.1) is 5.92 Å². The van der Waals surface area contributed by atoms with Gasteiger partial charge >= 0.3 is 0 Å². The number of nitrogens with zero attached hydrogens (tertiary/aromatic N) is 1. The van der Waals surface area contributed by atoms with Gasteiger partial charge in [0.15, 0.2) is 11.5 Å². The minimum absolute atomic E-state index is 0.222. The lowest BCUT2D eigenvalue weighted by Gasteiger charge is -2.19. The summed E-state index contributed by atoms with van der Waals surface area (Å²) in [5, 5.41) is 2.79. The van der Waals surface area contributed by atoms with Gasteiger partial charge < -0.3 is 20.5 Å². The maximum atomic E-state index is 12.2. The monoisotopic (exact) mass is 341 g/mol. The molecule has 1 aliphatic heterocycles. The molecule has 6 heteroatoms. The van der Waals surface area contributed by atoms with E-state index in [1.807, 2.05) is 44.2 Å². The fourth-order valence-electron chi connectivity index (χ4n) is 2.70. The minimum atomic E-state index is -0.542. The number of anilines is 1. The molecule has 0 fully saturated rings. The molecule has 1 aliphatic rings. The van der Waals surface area contributed by atoms with Gasteiger partial charge in [-0.15, -0.1) is 0 Å². The van der Waals surface area contributed by atoms with Gasteiger partial charge in [-0.3, -0.25) is 4.79 Å². The van der Waals surface area contributed by atoms with Crippen molar-refractivity contribution in [3.05, 3.63) is 36.4 Å². The molecular formula is C19H23N3O3. The summed E-state index contributed by atoms with van der Waals surface area (Å²) in [6, 6.07) is 10.6. The predicted octanol–water partition coefficient (Wildman–Crippen LogP) is 2.83. The van der Waals surface area contributed by atoms with Crippen molar-refractivity contribution in [2.75, 3.05) is 18.5 Å². The number of hydrogen-bond donors (Lipinski definition) is 2. The molecule has 1 aromatic heterocycles. The molecule has 6 nitrogen and oxygen atoms in total. The van der Waals surface area contributed by atoms with Crippen LogP contribution in [0.5, 0.6) is 11.5 Å². The van der Waals surface area contributed by atoms with Gasteiger partial charge in [0, 0.05) is 5.56 Å². The molecule has 1 aromatic carbocycles. The molecule has 0 bridgehead atoms. The highest BCUT2D eigenvalue weighted by atomic mass is 16.6. The first-order valence-electron chi connectivity index (χ1n) is 8.46. The fourth-order valence-corrected chi connectivity index (χ4v) is 2.70. The molecule has 0 saturated carbocycles. The van der Waals surface area contributed by atoms with E-state index in [4.69, 9.17) is 15.2 Å². The van der Waals surface area contributed by atoms with Crippen LogP contribution in [0.25, 0.3) is 11.3 Å². The summed E-state index contributed by atoms with van der Waals surface area (Å²) in [6.45, 7) is 5.16. The van der Waals surface area contributed by atoms with Crippen molar-refractivity contribution in [3.8, 4) is 22.8 Å². The number of aromatic nitrogens is 1. The lowest BCUT2D eigenvalue weighted by atomic mass is 10.0. The second-order valence-corrected chi connectivity index (χ2v) is 6.49. The Balaban J connectivity index is 1.76. The average Bonchev–Trinajstić information content (AvgIpc) is 2.61. The average molecular weight is 341 g/mol. The Kier molecular flexibility index (Phi) is 5.19. The highest BCUT2D eigenvalue weighted by Crippen LogP contribution is 2.34. The third kappa shape index (κ3) is 4.28. The molecule has 0 saturated heterocycles. The summed E-state index contributed by atoms with van der Waals surface area (Å²) in [6.07, 6.45) is 0.633. The zero-order valence-corrected chi connectivity index (χ0v) is 14.5. The summed E-state index contributed by atoms with van der Waals surface area (Å²) in [4.78, 5) is 16.7. The van der Waals surface area contributed by atoms with Crippen molar-refractivity contribution in [3.63, 3.8) is 0 Å². The van der Waals surface area contributed by atoms with E-state index in [1.165, 1.54) is 0 Å².